The lowest BCUT2D eigenvalue weighted by atomic mass is 9.88. The lowest BCUT2D eigenvalue weighted by molar-refractivity contribution is -0.121. The maximum atomic E-state index is 12.1. The second-order valence-electron chi connectivity index (χ2n) is 7.43. The largest absolute Gasteiger partial charge is 0.392 e. The molecule has 24 heavy (non-hydrogen) atoms. The first-order chi connectivity index (χ1) is 11.5. The van der Waals surface area contributed by atoms with Crippen LogP contribution < -0.4 is 0 Å². The molecule has 1 fully saturated rings. The van der Waals surface area contributed by atoms with Crippen LogP contribution in [0, 0.1) is 17.8 Å². The number of rotatable bonds is 12. The van der Waals surface area contributed by atoms with E-state index in [1.807, 2.05) is 12.2 Å². The third-order valence-corrected chi connectivity index (χ3v) is 5.16. The van der Waals surface area contributed by atoms with E-state index in [-0.39, 0.29) is 24.0 Å². The molecule has 0 aromatic carbocycles. The van der Waals surface area contributed by atoms with Gasteiger partial charge in [0.05, 0.1) is 12.2 Å². The fourth-order valence-corrected chi connectivity index (χ4v) is 3.66. The van der Waals surface area contributed by atoms with Gasteiger partial charge in [0.2, 0.25) is 0 Å². The molecule has 0 saturated heterocycles. The molecule has 0 aliphatic heterocycles. The Morgan fingerprint density at radius 2 is 2.08 bits per heavy atom. The number of aliphatic hydroxyl groups is 2. The fraction of sp³-hybridized carbons (Fsp3) is 0.762. The fourth-order valence-electron chi connectivity index (χ4n) is 3.66. The number of ketones is 1. The maximum absolute atomic E-state index is 12.1. The molecule has 1 saturated carbocycles. The minimum atomic E-state index is -0.595. The van der Waals surface area contributed by atoms with Crippen molar-refractivity contribution in [3.05, 3.63) is 24.8 Å². The van der Waals surface area contributed by atoms with Gasteiger partial charge in [-0.2, -0.15) is 0 Å². The summed E-state index contributed by atoms with van der Waals surface area (Å²) in [5, 5.41) is 20.4. The Hall–Kier alpha value is -0.930. The number of Topliss-reactive ketones (excluding diaryl/α,β-unsaturated/α-hetero) is 1. The van der Waals surface area contributed by atoms with E-state index in [2.05, 4.69) is 20.4 Å². The predicted octanol–water partition coefficient (Wildman–Crippen LogP) is 4.43. The summed E-state index contributed by atoms with van der Waals surface area (Å²) in [6, 6.07) is 0. The van der Waals surface area contributed by atoms with Crippen LogP contribution >= 0.6 is 0 Å². The van der Waals surface area contributed by atoms with Gasteiger partial charge in [-0.05, 0) is 31.6 Å². The maximum Gasteiger partial charge on any atom is 0.139 e. The van der Waals surface area contributed by atoms with Crippen LogP contribution in [0.5, 0.6) is 0 Å². The van der Waals surface area contributed by atoms with Crippen LogP contribution in [0.25, 0.3) is 0 Å². The van der Waals surface area contributed by atoms with Gasteiger partial charge in [0.25, 0.3) is 0 Å². The number of hydrogen-bond acceptors (Lipinski definition) is 3. The van der Waals surface area contributed by atoms with Gasteiger partial charge in [0.1, 0.15) is 5.78 Å². The van der Waals surface area contributed by atoms with Gasteiger partial charge in [-0.1, -0.05) is 57.8 Å². The highest BCUT2D eigenvalue weighted by Crippen LogP contribution is 2.34. The standard InChI is InChI=1S/C21H36O3/c1-4-6-8-9-11-18-19(21(24)15-20(18)23)13-12-17(22)14-16(3)10-7-5-2/h4,12-13,16-19,21-22,24H,1,5-11,14-15H2,2-3H3/b13-12+/t16-,17+,18+,19+,21+/m0/s1. The summed E-state index contributed by atoms with van der Waals surface area (Å²) in [6.45, 7) is 8.06. The monoisotopic (exact) mass is 336 g/mol. The van der Waals surface area contributed by atoms with Gasteiger partial charge < -0.3 is 10.2 Å². The first-order valence-corrected chi connectivity index (χ1v) is 9.67. The van der Waals surface area contributed by atoms with E-state index in [4.69, 9.17) is 0 Å². The van der Waals surface area contributed by atoms with Gasteiger partial charge in [-0.3, -0.25) is 4.79 Å². The molecule has 5 atom stereocenters. The van der Waals surface area contributed by atoms with E-state index >= 15 is 0 Å². The smallest absolute Gasteiger partial charge is 0.139 e. The number of carbonyl (C=O) groups is 1. The third kappa shape index (κ3) is 7.31. The van der Waals surface area contributed by atoms with Crippen molar-refractivity contribution in [2.45, 2.75) is 83.8 Å². The van der Waals surface area contributed by atoms with Crippen molar-refractivity contribution >= 4 is 5.78 Å². The van der Waals surface area contributed by atoms with Gasteiger partial charge >= 0.3 is 0 Å². The number of carbonyl (C=O) groups excluding carboxylic acids is 1. The second-order valence-corrected chi connectivity index (χ2v) is 7.43. The normalized spacial score (nSPS) is 26.8. The summed E-state index contributed by atoms with van der Waals surface area (Å²) < 4.78 is 0. The lowest BCUT2D eigenvalue weighted by Gasteiger charge is -2.18. The Morgan fingerprint density at radius 1 is 1.33 bits per heavy atom. The lowest BCUT2D eigenvalue weighted by Crippen LogP contribution is -2.19. The highest BCUT2D eigenvalue weighted by molar-refractivity contribution is 5.84. The molecule has 138 valence electrons. The van der Waals surface area contributed by atoms with Gasteiger partial charge in [0.15, 0.2) is 0 Å². The molecule has 0 heterocycles. The van der Waals surface area contributed by atoms with Crippen LogP contribution in [0.15, 0.2) is 24.8 Å². The van der Waals surface area contributed by atoms with Crippen LogP contribution in [0.3, 0.4) is 0 Å². The molecule has 3 heteroatoms. The Bertz CT molecular complexity index is 402. The van der Waals surface area contributed by atoms with Crippen LogP contribution in [0.1, 0.15) is 71.6 Å². The van der Waals surface area contributed by atoms with Crippen molar-refractivity contribution in [2.75, 3.05) is 0 Å². The summed E-state index contributed by atoms with van der Waals surface area (Å²) in [5.41, 5.74) is 0. The van der Waals surface area contributed by atoms with Crippen molar-refractivity contribution in [3.63, 3.8) is 0 Å². The van der Waals surface area contributed by atoms with Crippen molar-refractivity contribution in [2.24, 2.45) is 17.8 Å². The van der Waals surface area contributed by atoms with Crippen LogP contribution in [0.2, 0.25) is 0 Å². The summed E-state index contributed by atoms with van der Waals surface area (Å²) in [6.07, 6.45) is 12.8. The SMILES string of the molecule is C=CCCCC[C@H]1C(=O)C[C@@H](O)[C@@H]1/C=C/[C@@H](O)C[C@@H](C)CCCC. The first kappa shape index (κ1) is 21.1. The highest BCUT2D eigenvalue weighted by atomic mass is 16.3. The van der Waals surface area contributed by atoms with Gasteiger partial charge in [-0.25, -0.2) is 0 Å². The Morgan fingerprint density at radius 3 is 2.75 bits per heavy atom. The average Bonchev–Trinajstić information content (AvgIpc) is 2.81. The Balaban J connectivity index is 2.51. The van der Waals surface area contributed by atoms with E-state index in [0.717, 1.165) is 38.5 Å². The number of allylic oxidation sites excluding steroid dienone is 1. The van der Waals surface area contributed by atoms with Crippen LogP contribution in [0.4, 0.5) is 0 Å². The molecule has 0 unspecified atom stereocenters. The van der Waals surface area contributed by atoms with Crippen molar-refractivity contribution in [1.82, 2.24) is 0 Å². The molecule has 3 nitrogen and oxygen atoms in total. The summed E-state index contributed by atoms with van der Waals surface area (Å²) in [4.78, 5) is 12.1. The van der Waals surface area contributed by atoms with Gasteiger partial charge in [-0.15, -0.1) is 6.58 Å². The molecule has 1 aliphatic rings. The van der Waals surface area contributed by atoms with Crippen molar-refractivity contribution in [3.8, 4) is 0 Å². The van der Waals surface area contributed by atoms with Gasteiger partial charge in [0, 0.05) is 18.3 Å². The minimum Gasteiger partial charge on any atom is -0.392 e. The van der Waals surface area contributed by atoms with Crippen molar-refractivity contribution in [1.29, 1.82) is 0 Å². The number of aliphatic hydroxyl groups excluding tert-OH is 2. The quantitative estimate of drug-likeness (QED) is 0.409. The van der Waals surface area contributed by atoms with E-state index in [1.165, 1.54) is 12.8 Å². The molecular weight excluding hydrogens is 300 g/mol. The van der Waals surface area contributed by atoms with E-state index in [1.54, 1.807) is 6.08 Å². The summed E-state index contributed by atoms with van der Waals surface area (Å²) in [5.74, 6) is 0.434. The second kappa shape index (κ2) is 11.6. The van der Waals surface area contributed by atoms with E-state index in [0.29, 0.717) is 5.92 Å². The van der Waals surface area contributed by atoms with E-state index < -0.39 is 12.2 Å². The minimum absolute atomic E-state index is 0.0919. The summed E-state index contributed by atoms with van der Waals surface area (Å²) >= 11 is 0. The first-order valence-electron chi connectivity index (χ1n) is 9.67. The third-order valence-electron chi connectivity index (χ3n) is 5.16. The highest BCUT2D eigenvalue weighted by Gasteiger charge is 2.39. The van der Waals surface area contributed by atoms with E-state index in [9.17, 15) is 15.0 Å². The molecular formula is C21H36O3. The Kier molecular flexibility index (Phi) is 10.2. The number of hydrogen-bond donors (Lipinski definition) is 2. The zero-order valence-electron chi connectivity index (χ0n) is 15.5. The molecule has 1 rings (SSSR count). The topological polar surface area (TPSA) is 57.5 Å². The predicted molar refractivity (Wildman–Crippen MR) is 99.7 cm³/mol. The molecule has 2 N–H and O–H groups in total. The number of unbranched alkanes of at least 4 members (excludes halogenated alkanes) is 3. The molecule has 0 amide bonds. The molecule has 0 bridgehead atoms. The Labute approximate surface area is 147 Å². The zero-order chi connectivity index (χ0) is 17.9. The molecule has 0 radical (unpaired) electrons. The van der Waals surface area contributed by atoms with Crippen LogP contribution in [-0.2, 0) is 4.79 Å². The molecule has 0 aromatic heterocycles. The summed E-state index contributed by atoms with van der Waals surface area (Å²) in [7, 11) is 0. The molecule has 0 aromatic rings. The molecule has 0 spiro atoms. The van der Waals surface area contributed by atoms with Crippen molar-refractivity contribution < 1.29 is 15.0 Å². The zero-order valence-corrected chi connectivity index (χ0v) is 15.5. The molecule has 1 aliphatic carbocycles. The average molecular weight is 337 g/mol. The van der Waals surface area contributed by atoms with Crippen LogP contribution in [-0.4, -0.2) is 28.2 Å².